The number of aryl methyl sites for hydroxylation is 1. The number of rotatable bonds is 4. The summed E-state index contributed by atoms with van der Waals surface area (Å²) >= 11 is 1.24. The van der Waals surface area contributed by atoms with Gasteiger partial charge in [-0.05, 0) is 19.1 Å². The maximum Gasteiger partial charge on any atom is 0.180 e. The number of oxime groups is 1. The molecular formula is C12H11N3O2S. The third-order valence-corrected chi connectivity index (χ3v) is 2.84. The molecule has 0 aliphatic rings. The number of nitrogen functional groups attached to an aromatic ring is 1. The van der Waals surface area contributed by atoms with Gasteiger partial charge in [-0.15, -0.1) is 11.3 Å². The van der Waals surface area contributed by atoms with Crippen LogP contribution in [0, 0.1) is 6.92 Å². The highest BCUT2D eigenvalue weighted by Crippen LogP contribution is 2.14. The molecule has 18 heavy (non-hydrogen) atoms. The number of aromatic nitrogens is 1. The molecule has 0 bridgehead atoms. The van der Waals surface area contributed by atoms with Crippen molar-refractivity contribution in [3.63, 3.8) is 0 Å². The van der Waals surface area contributed by atoms with Gasteiger partial charge in [0.2, 0.25) is 0 Å². The van der Waals surface area contributed by atoms with Crippen LogP contribution in [0.4, 0.5) is 5.13 Å². The Labute approximate surface area is 108 Å². The third-order valence-electron chi connectivity index (χ3n) is 2.17. The number of benzene rings is 1. The van der Waals surface area contributed by atoms with Gasteiger partial charge in [0.05, 0.1) is 0 Å². The predicted octanol–water partition coefficient (Wildman–Crippen LogP) is 2.02. The Bertz CT molecular complexity index is 575. The lowest BCUT2D eigenvalue weighted by atomic mass is 10.2. The Hall–Kier alpha value is -2.21. The van der Waals surface area contributed by atoms with E-state index in [1.54, 1.807) is 17.5 Å². The summed E-state index contributed by atoms with van der Waals surface area (Å²) in [6.45, 7) is 1.97. The monoisotopic (exact) mass is 261 g/mol. The second-order valence-electron chi connectivity index (χ2n) is 3.57. The molecule has 5 nitrogen and oxygen atoms in total. The van der Waals surface area contributed by atoms with E-state index in [1.165, 1.54) is 11.3 Å². The number of nitrogens with two attached hydrogens (primary N) is 1. The Morgan fingerprint density at radius 1 is 1.44 bits per heavy atom. The van der Waals surface area contributed by atoms with Crippen LogP contribution in [0.15, 0.2) is 34.8 Å². The van der Waals surface area contributed by atoms with E-state index in [1.807, 2.05) is 19.1 Å². The van der Waals surface area contributed by atoms with Crippen molar-refractivity contribution in [2.75, 3.05) is 5.73 Å². The minimum absolute atomic E-state index is 0.114. The number of nitrogens with zero attached hydrogens (tertiary/aromatic N) is 2. The van der Waals surface area contributed by atoms with Crippen LogP contribution < -0.4 is 10.6 Å². The molecule has 0 aliphatic carbocycles. The first kappa shape index (κ1) is 12.3. The molecule has 92 valence electrons. The van der Waals surface area contributed by atoms with Crippen molar-refractivity contribution in [2.45, 2.75) is 6.92 Å². The summed E-state index contributed by atoms with van der Waals surface area (Å²) < 4.78 is 0. The molecule has 0 atom stereocenters. The highest BCUT2D eigenvalue weighted by Gasteiger charge is 2.07. The fraction of sp³-hybridized carbons (Fsp3) is 0.0833. The Kier molecular flexibility index (Phi) is 3.69. The molecule has 0 radical (unpaired) electrons. The van der Waals surface area contributed by atoms with E-state index in [0.717, 1.165) is 5.56 Å². The largest absolute Gasteiger partial charge is 0.375 e. The van der Waals surface area contributed by atoms with Gasteiger partial charge in [0.25, 0.3) is 0 Å². The minimum atomic E-state index is 0.114. The lowest BCUT2D eigenvalue weighted by molar-refractivity contribution is -0.102. The number of carbonyl (C=O) groups is 1. The van der Waals surface area contributed by atoms with Gasteiger partial charge in [-0.3, -0.25) is 4.79 Å². The van der Waals surface area contributed by atoms with Crippen molar-refractivity contribution >= 4 is 28.5 Å². The van der Waals surface area contributed by atoms with Crippen molar-refractivity contribution in [3.05, 3.63) is 40.9 Å². The fourth-order valence-electron chi connectivity index (χ4n) is 1.23. The molecule has 1 aromatic heterocycles. The molecule has 1 heterocycles. The number of aldehydes is 1. The summed E-state index contributed by atoms with van der Waals surface area (Å²) in [7, 11) is 0. The molecule has 1 aromatic carbocycles. The second-order valence-corrected chi connectivity index (χ2v) is 4.46. The van der Waals surface area contributed by atoms with Crippen molar-refractivity contribution in [2.24, 2.45) is 5.16 Å². The molecule has 2 aromatic rings. The van der Waals surface area contributed by atoms with Crippen LogP contribution in [-0.2, 0) is 4.79 Å². The Morgan fingerprint density at radius 3 is 2.72 bits per heavy atom. The maximum absolute atomic E-state index is 10.9. The number of carbonyl (C=O) groups excluding carboxylic acids is 1. The van der Waals surface area contributed by atoms with E-state index in [-0.39, 0.29) is 5.71 Å². The molecule has 6 heteroatoms. The highest BCUT2D eigenvalue weighted by atomic mass is 32.1. The van der Waals surface area contributed by atoms with Gasteiger partial charge in [0.15, 0.2) is 22.9 Å². The Balaban J connectivity index is 2.15. The normalized spacial score (nSPS) is 11.3. The van der Waals surface area contributed by atoms with Crippen molar-refractivity contribution in [3.8, 4) is 5.75 Å². The van der Waals surface area contributed by atoms with E-state index in [0.29, 0.717) is 22.9 Å². The zero-order chi connectivity index (χ0) is 13.0. The highest BCUT2D eigenvalue weighted by molar-refractivity contribution is 7.13. The first-order valence-corrected chi connectivity index (χ1v) is 6.05. The molecule has 0 aliphatic heterocycles. The van der Waals surface area contributed by atoms with E-state index in [2.05, 4.69) is 10.1 Å². The molecule has 0 unspecified atom stereocenters. The van der Waals surface area contributed by atoms with Crippen LogP contribution in [0.3, 0.4) is 0 Å². The summed E-state index contributed by atoms with van der Waals surface area (Å²) in [6.07, 6.45) is 0.586. The van der Waals surface area contributed by atoms with Crippen molar-refractivity contribution in [1.29, 1.82) is 0 Å². The molecule has 2 N–H and O–H groups in total. The van der Waals surface area contributed by atoms with Gasteiger partial charge in [-0.25, -0.2) is 4.98 Å². The van der Waals surface area contributed by atoms with E-state index < -0.39 is 0 Å². The minimum Gasteiger partial charge on any atom is -0.375 e. The maximum atomic E-state index is 10.9. The zero-order valence-electron chi connectivity index (χ0n) is 9.66. The van der Waals surface area contributed by atoms with Crippen molar-refractivity contribution in [1.82, 2.24) is 4.98 Å². The summed E-state index contributed by atoms with van der Waals surface area (Å²) in [5.74, 6) is 0.558. The van der Waals surface area contributed by atoms with Gasteiger partial charge >= 0.3 is 0 Å². The Morgan fingerprint density at radius 2 is 2.17 bits per heavy atom. The average molecular weight is 261 g/mol. The topological polar surface area (TPSA) is 77.6 Å². The summed E-state index contributed by atoms with van der Waals surface area (Å²) in [4.78, 5) is 20.0. The quantitative estimate of drug-likeness (QED) is 0.519. The van der Waals surface area contributed by atoms with E-state index in [4.69, 9.17) is 10.6 Å². The molecule has 0 fully saturated rings. The van der Waals surface area contributed by atoms with Crippen LogP contribution in [-0.4, -0.2) is 17.0 Å². The van der Waals surface area contributed by atoms with Crippen molar-refractivity contribution < 1.29 is 9.63 Å². The molecule has 2 rings (SSSR count). The number of thiazole rings is 1. The summed E-state index contributed by atoms with van der Waals surface area (Å²) in [5.41, 5.74) is 7.14. The molecule has 0 spiro atoms. The van der Waals surface area contributed by atoms with Crippen LogP contribution in [0.2, 0.25) is 0 Å². The molecule has 0 amide bonds. The van der Waals surface area contributed by atoms with Gasteiger partial charge < -0.3 is 10.6 Å². The van der Waals surface area contributed by atoms with Gasteiger partial charge in [0.1, 0.15) is 5.69 Å². The van der Waals surface area contributed by atoms with Crippen LogP contribution in [0.5, 0.6) is 5.75 Å². The second kappa shape index (κ2) is 5.42. The summed E-state index contributed by atoms with van der Waals surface area (Å²) in [5, 5.41) is 5.80. The SMILES string of the molecule is Cc1ccc(O/N=C(/C=O)c2csc(N)n2)cc1. The predicted molar refractivity (Wildman–Crippen MR) is 70.9 cm³/mol. The number of anilines is 1. The van der Waals surface area contributed by atoms with E-state index in [9.17, 15) is 4.79 Å². The van der Waals surface area contributed by atoms with Crippen LogP contribution in [0.25, 0.3) is 0 Å². The van der Waals surface area contributed by atoms with Gasteiger partial charge in [0, 0.05) is 5.38 Å². The fourth-order valence-corrected chi connectivity index (χ4v) is 1.79. The number of hydrogen-bond donors (Lipinski definition) is 1. The lowest BCUT2D eigenvalue weighted by Crippen LogP contribution is -2.05. The summed E-state index contributed by atoms with van der Waals surface area (Å²) in [6, 6.07) is 7.34. The van der Waals surface area contributed by atoms with Crippen LogP contribution in [0.1, 0.15) is 11.3 Å². The van der Waals surface area contributed by atoms with Gasteiger partial charge in [-0.2, -0.15) is 0 Å². The van der Waals surface area contributed by atoms with Crippen LogP contribution >= 0.6 is 11.3 Å². The van der Waals surface area contributed by atoms with E-state index >= 15 is 0 Å². The third kappa shape index (κ3) is 2.92. The van der Waals surface area contributed by atoms with Gasteiger partial charge in [-0.1, -0.05) is 22.9 Å². The zero-order valence-corrected chi connectivity index (χ0v) is 10.5. The first-order valence-electron chi connectivity index (χ1n) is 5.17. The first-order chi connectivity index (χ1) is 8.69. The molecular weight excluding hydrogens is 250 g/mol. The molecule has 0 saturated heterocycles. The average Bonchev–Trinajstić information content (AvgIpc) is 2.79. The standard InChI is InChI=1S/C12H11N3O2S/c1-8-2-4-9(5-3-8)17-15-10(6-16)11-7-18-12(13)14-11/h2-7H,1H3,(H2,13,14)/b15-10-. The molecule has 0 saturated carbocycles. The number of hydrogen-bond acceptors (Lipinski definition) is 6. The smallest absolute Gasteiger partial charge is 0.180 e. The lowest BCUT2D eigenvalue weighted by Gasteiger charge is -1.99.